The molecule has 2 bridgehead atoms. The SMILES string of the molecule is Cc1ccnc(C(=O)N[C@@H]2CC3CC2[C@@H](C(=O)OC(C)C)C3)c1O. The molecule has 6 nitrogen and oxygen atoms in total. The summed E-state index contributed by atoms with van der Waals surface area (Å²) in [4.78, 5) is 28.7. The number of nitrogens with one attached hydrogen (secondary N) is 1. The Hall–Kier alpha value is -2.11. The highest BCUT2D eigenvalue weighted by atomic mass is 16.5. The van der Waals surface area contributed by atoms with Crippen LogP contribution in [0.25, 0.3) is 0 Å². The fourth-order valence-corrected chi connectivity index (χ4v) is 4.06. The highest BCUT2D eigenvalue weighted by Gasteiger charge is 2.50. The van der Waals surface area contributed by atoms with Crippen LogP contribution in [0.4, 0.5) is 0 Å². The Balaban J connectivity index is 1.69. The number of esters is 1. The van der Waals surface area contributed by atoms with Gasteiger partial charge in [-0.1, -0.05) is 0 Å². The molecular weight excluding hydrogens is 308 g/mol. The molecule has 2 saturated carbocycles. The van der Waals surface area contributed by atoms with E-state index in [2.05, 4.69) is 10.3 Å². The molecule has 130 valence electrons. The molecule has 2 aliphatic carbocycles. The van der Waals surface area contributed by atoms with E-state index in [0.29, 0.717) is 11.5 Å². The number of carbonyl (C=O) groups is 2. The van der Waals surface area contributed by atoms with Crippen LogP contribution in [0.15, 0.2) is 12.3 Å². The summed E-state index contributed by atoms with van der Waals surface area (Å²) >= 11 is 0. The molecule has 3 rings (SSSR count). The van der Waals surface area contributed by atoms with E-state index < -0.39 is 0 Å². The highest BCUT2D eigenvalue weighted by Crippen LogP contribution is 2.49. The zero-order valence-corrected chi connectivity index (χ0v) is 14.3. The summed E-state index contributed by atoms with van der Waals surface area (Å²) in [5.74, 6) is -0.219. The number of hydrogen-bond acceptors (Lipinski definition) is 5. The zero-order valence-electron chi connectivity index (χ0n) is 14.3. The number of aryl methyl sites for hydroxylation is 1. The van der Waals surface area contributed by atoms with E-state index in [4.69, 9.17) is 4.74 Å². The molecule has 1 aromatic heterocycles. The lowest BCUT2D eigenvalue weighted by molar-refractivity contribution is -0.154. The van der Waals surface area contributed by atoms with Gasteiger partial charge in [-0.2, -0.15) is 0 Å². The molecule has 2 unspecified atom stereocenters. The van der Waals surface area contributed by atoms with Crippen molar-refractivity contribution in [2.75, 3.05) is 0 Å². The molecule has 1 amide bonds. The molecule has 0 aliphatic heterocycles. The van der Waals surface area contributed by atoms with Gasteiger partial charge in [-0.3, -0.25) is 9.59 Å². The normalized spacial score (nSPS) is 28.2. The third-order valence-electron chi connectivity index (χ3n) is 5.13. The molecule has 2 aliphatic rings. The maximum Gasteiger partial charge on any atom is 0.309 e. The molecule has 0 radical (unpaired) electrons. The van der Waals surface area contributed by atoms with Gasteiger partial charge in [-0.05, 0) is 63.5 Å². The predicted octanol–water partition coefficient (Wildman–Crippen LogP) is 2.19. The summed E-state index contributed by atoms with van der Waals surface area (Å²) < 4.78 is 5.36. The number of rotatable bonds is 4. The van der Waals surface area contributed by atoms with E-state index in [1.807, 2.05) is 13.8 Å². The fraction of sp³-hybridized carbons (Fsp3) is 0.611. The first kappa shape index (κ1) is 16.7. The molecule has 0 saturated heterocycles. The van der Waals surface area contributed by atoms with Crippen molar-refractivity contribution in [1.82, 2.24) is 10.3 Å². The molecule has 0 aromatic carbocycles. The van der Waals surface area contributed by atoms with Gasteiger partial charge in [-0.25, -0.2) is 4.98 Å². The van der Waals surface area contributed by atoms with Crippen LogP contribution in [-0.2, 0) is 9.53 Å². The zero-order chi connectivity index (χ0) is 17.4. The Morgan fingerprint density at radius 1 is 1.33 bits per heavy atom. The third-order valence-corrected chi connectivity index (χ3v) is 5.13. The highest BCUT2D eigenvalue weighted by molar-refractivity contribution is 5.95. The summed E-state index contributed by atoms with van der Waals surface area (Å²) in [6, 6.07) is 1.59. The van der Waals surface area contributed by atoms with Crippen molar-refractivity contribution in [3.63, 3.8) is 0 Å². The van der Waals surface area contributed by atoms with Crippen LogP contribution >= 0.6 is 0 Å². The quantitative estimate of drug-likeness (QED) is 0.825. The van der Waals surface area contributed by atoms with Crippen molar-refractivity contribution < 1.29 is 19.4 Å². The molecule has 6 heteroatoms. The van der Waals surface area contributed by atoms with Gasteiger partial charge in [0.15, 0.2) is 5.69 Å². The largest absolute Gasteiger partial charge is 0.505 e. The Bertz CT molecular complexity index is 658. The number of aromatic hydroxyl groups is 1. The lowest BCUT2D eigenvalue weighted by atomic mass is 9.85. The maximum atomic E-state index is 12.5. The minimum Gasteiger partial charge on any atom is -0.505 e. The third kappa shape index (κ3) is 3.09. The maximum absolute atomic E-state index is 12.5. The van der Waals surface area contributed by atoms with E-state index in [9.17, 15) is 14.7 Å². The second-order valence-electron chi connectivity index (χ2n) is 7.23. The minimum absolute atomic E-state index is 0.0408. The average molecular weight is 332 g/mol. The Morgan fingerprint density at radius 3 is 2.75 bits per heavy atom. The van der Waals surface area contributed by atoms with Gasteiger partial charge in [0.1, 0.15) is 5.75 Å². The van der Waals surface area contributed by atoms with Crippen LogP contribution < -0.4 is 5.32 Å². The lowest BCUT2D eigenvalue weighted by Crippen LogP contribution is -2.43. The number of hydrogen-bond donors (Lipinski definition) is 2. The van der Waals surface area contributed by atoms with E-state index in [-0.39, 0.29) is 47.3 Å². The predicted molar refractivity (Wildman–Crippen MR) is 87.4 cm³/mol. The molecule has 24 heavy (non-hydrogen) atoms. The molecular formula is C18H24N2O4. The first-order valence-corrected chi connectivity index (χ1v) is 8.52. The van der Waals surface area contributed by atoms with Crippen molar-refractivity contribution in [2.45, 2.75) is 52.2 Å². The summed E-state index contributed by atoms with van der Waals surface area (Å²) in [5, 5.41) is 13.0. The first-order chi connectivity index (χ1) is 11.4. The first-order valence-electron chi connectivity index (χ1n) is 8.52. The van der Waals surface area contributed by atoms with Gasteiger partial charge in [0, 0.05) is 12.2 Å². The Morgan fingerprint density at radius 2 is 2.08 bits per heavy atom. The lowest BCUT2D eigenvalue weighted by Gasteiger charge is -2.29. The van der Waals surface area contributed by atoms with E-state index in [0.717, 1.165) is 19.3 Å². The van der Waals surface area contributed by atoms with Crippen LogP contribution in [0.5, 0.6) is 5.75 Å². The Kier molecular flexibility index (Phi) is 4.47. The van der Waals surface area contributed by atoms with Gasteiger partial charge in [0.05, 0.1) is 12.0 Å². The Labute approximate surface area is 141 Å². The van der Waals surface area contributed by atoms with Gasteiger partial charge in [0.25, 0.3) is 5.91 Å². The van der Waals surface area contributed by atoms with Crippen molar-refractivity contribution in [3.8, 4) is 5.75 Å². The molecule has 2 fully saturated rings. The number of nitrogens with zero attached hydrogens (tertiary/aromatic N) is 1. The van der Waals surface area contributed by atoms with E-state index >= 15 is 0 Å². The van der Waals surface area contributed by atoms with Gasteiger partial charge in [0.2, 0.25) is 0 Å². The fourth-order valence-electron chi connectivity index (χ4n) is 4.06. The monoisotopic (exact) mass is 332 g/mol. The van der Waals surface area contributed by atoms with Crippen molar-refractivity contribution >= 4 is 11.9 Å². The van der Waals surface area contributed by atoms with Crippen molar-refractivity contribution in [3.05, 3.63) is 23.5 Å². The van der Waals surface area contributed by atoms with Crippen molar-refractivity contribution in [1.29, 1.82) is 0 Å². The molecule has 0 spiro atoms. The van der Waals surface area contributed by atoms with Crippen LogP contribution in [0.1, 0.15) is 49.2 Å². The van der Waals surface area contributed by atoms with Gasteiger partial charge >= 0.3 is 5.97 Å². The standard InChI is InChI=1S/C18H24N2O4/c1-9(2)24-18(23)13-7-11-6-12(13)14(8-11)20-17(22)15-16(21)10(3)4-5-19-15/h4-5,9,11-14,21H,6-8H2,1-3H3,(H,20,22)/t11?,12?,13-,14+/m0/s1. The summed E-state index contributed by atoms with van der Waals surface area (Å²) in [6.45, 7) is 5.41. The minimum atomic E-state index is -0.385. The second-order valence-corrected chi connectivity index (χ2v) is 7.23. The average Bonchev–Trinajstić information content (AvgIpc) is 3.09. The number of ether oxygens (including phenoxy) is 1. The summed E-state index contributed by atoms with van der Waals surface area (Å²) in [6.07, 6.45) is 4.03. The summed E-state index contributed by atoms with van der Waals surface area (Å²) in [7, 11) is 0. The van der Waals surface area contributed by atoms with E-state index in [1.165, 1.54) is 6.20 Å². The van der Waals surface area contributed by atoms with E-state index in [1.54, 1.807) is 13.0 Å². The van der Waals surface area contributed by atoms with Crippen LogP contribution in [0.2, 0.25) is 0 Å². The summed E-state index contributed by atoms with van der Waals surface area (Å²) in [5.41, 5.74) is 0.653. The smallest absolute Gasteiger partial charge is 0.309 e. The number of aromatic nitrogens is 1. The van der Waals surface area contributed by atoms with Gasteiger partial charge < -0.3 is 15.2 Å². The number of carbonyl (C=O) groups excluding carboxylic acids is 2. The molecule has 4 atom stereocenters. The van der Waals surface area contributed by atoms with Crippen LogP contribution in [0.3, 0.4) is 0 Å². The number of pyridine rings is 1. The van der Waals surface area contributed by atoms with Crippen LogP contribution in [0, 0.1) is 24.7 Å². The number of fused-ring (bicyclic) bond motifs is 2. The molecule has 1 aromatic rings. The van der Waals surface area contributed by atoms with Crippen LogP contribution in [-0.4, -0.2) is 34.1 Å². The van der Waals surface area contributed by atoms with Gasteiger partial charge in [-0.15, -0.1) is 0 Å². The molecule has 2 N–H and O–H groups in total. The van der Waals surface area contributed by atoms with Crippen molar-refractivity contribution in [2.24, 2.45) is 17.8 Å². The second kappa shape index (κ2) is 6.42. The topological polar surface area (TPSA) is 88.5 Å². The number of amides is 1. The molecule has 1 heterocycles.